The van der Waals surface area contributed by atoms with Gasteiger partial charge in [-0.05, 0) is 50.1 Å². The first-order valence-corrected chi connectivity index (χ1v) is 8.37. The number of nitrogens with one attached hydrogen (secondary N) is 1. The molecule has 0 radical (unpaired) electrons. The summed E-state index contributed by atoms with van der Waals surface area (Å²) in [5.74, 6) is 1.20. The molecule has 0 saturated heterocycles. The van der Waals surface area contributed by atoms with E-state index in [-0.39, 0.29) is 12.0 Å². The molecule has 0 aliphatic carbocycles. The molecule has 25 heavy (non-hydrogen) atoms. The van der Waals surface area contributed by atoms with Crippen molar-refractivity contribution < 1.29 is 14.3 Å². The molecule has 0 fully saturated rings. The van der Waals surface area contributed by atoms with Gasteiger partial charge in [0.2, 0.25) is 5.91 Å². The highest BCUT2D eigenvalue weighted by Crippen LogP contribution is 2.28. The van der Waals surface area contributed by atoms with Crippen LogP contribution < -0.4 is 14.9 Å². The van der Waals surface area contributed by atoms with Gasteiger partial charge in [-0.15, -0.1) is 0 Å². The van der Waals surface area contributed by atoms with E-state index in [1.165, 1.54) is 0 Å². The van der Waals surface area contributed by atoms with Crippen LogP contribution >= 0.6 is 0 Å². The number of carbonyl (C=O) groups excluding carboxylic acids is 1. The van der Waals surface area contributed by atoms with E-state index in [1.807, 2.05) is 69.3 Å². The Bertz CT molecular complexity index is 712. The largest absolute Gasteiger partial charge is 0.490 e. The van der Waals surface area contributed by atoms with Crippen molar-refractivity contribution in [2.45, 2.75) is 33.3 Å². The standard InChI is InChI=1S/C20H24N2O3/c1-4-24-19-12-17(10-11-18(19)25-15(2)3)14-21-22-20(23)13-16-8-6-5-7-9-16/h5-12,14-15H,4,13H2,1-3H3,(H,22,23)/b21-14-. The lowest BCUT2D eigenvalue weighted by atomic mass is 10.1. The Kier molecular flexibility index (Phi) is 7.01. The van der Waals surface area contributed by atoms with E-state index in [9.17, 15) is 4.79 Å². The van der Waals surface area contributed by atoms with E-state index < -0.39 is 0 Å². The maximum absolute atomic E-state index is 11.9. The van der Waals surface area contributed by atoms with Crippen molar-refractivity contribution in [3.05, 3.63) is 59.7 Å². The van der Waals surface area contributed by atoms with Gasteiger partial charge in [-0.3, -0.25) is 4.79 Å². The van der Waals surface area contributed by atoms with Gasteiger partial charge >= 0.3 is 0 Å². The number of benzene rings is 2. The number of nitrogens with zero attached hydrogens (tertiary/aromatic N) is 1. The molecule has 1 N–H and O–H groups in total. The first-order chi connectivity index (χ1) is 12.1. The first-order valence-electron chi connectivity index (χ1n) is 8.37. The topological polar surface area (TPSA) is 59.9 Å². The van der Waals surface area contributed by atoms with E-state index in [0.717, 1.165) is 11.1 Å². The Labute approximate surface area is 148 Å². The number of hydrogen-bond acceptors (Lipinski definition) is 4. The van der Waals surface area contributed by atoms with E-state index in [0.29, 0.717) is 24.5 Å². The minimum Gasteiger partial charge on any atom is -0.490 e. The molecule has 2 aromatic carbocycles. The Morgan fingerprint density at radius 1 is 1.16 bits per heavy atom. The highest BCUT2D eigenvalue weighted by Gasteiger charge is 2.07. The molecule has 0 bridgehead atoms. The third-order valence-electron chi connectivity index (χ3n) is 3.24. The average molecular weight is 340 g/mol. The van der Waals surface area contributed by atoms with Gasteiger partial charge in [0.05, 0.1) is 25.3 Å². The maximum Gasteiger partial charge on any atom is 0.244 e. The van der Waals surface area contributed by atoms with Crippen LogP contribution in [0.25, 0.3) is 0 Å². The van der Waals surface area contributed by atoms with Crippen LogP contribution in [0.5, 0.6) is 11.5 Å². The number of hydrazone groups is 1. The zero-order chi connectivity index (χ0) is 18.1. The maximum atomic E-state index is 11.9. The molecular weight excluding hydrogens is 316 g/mol. The third-order valence-corrected chi connectivity index (χ3v) is 3.24. The average Bonchev–Trinajstić information content (AvgIpc) is 2.58. The van der Waals surface area contributed by atoms with Crippen LogP contribution in [0.2, 0.25) is 0 Å². The Balaban J connectivity index is 1.97. The molecule has 2 rings (SSSR count). The number of amides is 1. The fraction of sp³-hybridized carbons (Fsp3) is 0.300. The third kappa shape index (κ3) is 6.30. The quantitative estimate of drug-likeness (QED) is 0.590. The predicted molar refractivity (Wildman–Crippen MR) is 99.3 cm³/mol. The molecule has 0 unspecified atom stereocenters. The first kappa shape index (κ1) is 18.5. The van der Waals surface area contributed by atoms with Crippen LogP contribution in [0.15, 0.2) is 53.6 Å². The monoisotopic (exact) mass is 340 g/mol. The lowest BCUT2D eigenvalue weighted by Gasteiger charge is -2.14. The summed E-state index contributed by atoms with van der Waals surface area (Å²) in [6.07, 6.45) is 1.95. The van der Waals surface area contributed by atoms with E-state index in [4.69, 9.17) is 9.47 Å². The SMILES string of the molecule is CCOc1cc(/C=N\NC(=O)Cc2ccccc2)ccc1OC(C)C. The molecule has 0 aromatic heterocycles. The van der Waals surface area contributed by atoms with E-state index in [2.05, 4.69) is 10.5 Å². The van der Waals surface area contributed by atoms with Gasteiger partial charge in [0.25, 0.3) is 0 Å². The van der Waals surface area contributed by atoms with Crippen molar-refractivity contribution in [1.29, 1.82) is 0 Å². The molecule has 1 amide bonds. The van der Waals surface area contributed by atoms with Gasteiger partial charge in [0.1, 0.15) is 0 Å². The van der Waals surface area contributed by atoms with Crippen molar-refractivity contribution >= 4 is 12.1 Å². The number of rotatable bonds is 8. The summed E-state index contributed by atoms with van der Waals surface area (Å²) in [6.45, 7) is 6.40. The molecule has 0 spiro atoms. The summed E-state index contributed by atoms with van der Waals surface area (Å²) < 4.78 is 11.3. The van der Waals surface area contributed by atoms with Crippen molar-refractivity contribution in [3.63, 3.8) is 0 Å². The summed E-state index contributed by atoms with van der Waals surface area (Å²) in [5, 5.41) is 4.01. The second-order valence-electron chi connectivity index (χ2n) is 5.76. The predicted octanol–water partition coefficient (Wildman–Crippen LogP) is 3.57. The fourth-order valence-electron chi connectivity index (χ4n) is 2.22. The van der Waals surface area contributed by atoms with Gasteiger partial charge in [-0.25, -0.2) is 5.43 Å². The molecule has 0 aliphatic rings. The normalized spacial score (nSPS) is 10.9. The molecule has 5 heteroatoms. The summed E-state index contributed by atoms with van der Waals surface area (Å²) in [7, 11) is 0. The molecule has 0 aliphatic heterocycles. The van der Waals surface area contributed by atoms with Gasteiger partial charge in [-0.2, -0.15) is 5.10 Å². The van der Waals surface area contributed by atoms with Crippen LogP contribution in [0.3, 0.4) is 0 Å². The molecule has 5 nitrogen and oxygen atoms in total. The van der Waals surface area contributed by atoms with E-state index in [1.54, 1.807) is 6.21 Å². The minimum atomic E-state index is -0.160. The molecule has 0 saturated carbocycles. The molecule has 2 aromatic rings. The Morgan fingerprint density at radius 3 is 2.60 bits per heavy atom. The van der Waals surface area contributed by atoms with Gasteiger partial charge in [0.15, 0.2) is 11.5 Å². The molecule has 0 heterocycles. The van der Waals surface area contributed by atoms with Crippen LogP contribution in [0, 0.1) is 0 Å². The summed E-state index contributed by atoms with van der Waals surface area (Å²) in [4.78, 5) is 11.9. The molecular formula is C20H24N2O3. The highest BCUT2D eigenvalue weighted by molar-refractivity contribution is 5.84. The van der Waals surface area contributed by atoms with Crippen LogP contribution in [0.1, 0.15) is 31.9 Å². The second-order valence-corrected chi connectivity index (χ2v) is 5.76. The van der Waals surface area contributed by atoms with Crippen molar-refractivity contribution in [2.75, 3.05) is 6.61 Å². The van der Waals surface area contributed by atoms with Crippen LogP contribution in [-0.4, -0.2) is 24.8 Å². The zero-order valence-corrected chi connectivity index (χ0v) is 14.9. The zero-order valence-electron chi connectivity index (χ0n) is 14.9. The second kappa shape index (κ2) is 9.47. The van der Waals surface area contributed by atoms with Gasteiger partial charge in [0, 0.05) is 0 Å². The lowest BCUT2D eigenvalue weighted by Crippen LogP contribution is -2.19. The van der Waals surface area contributed by atoms with Crippen molar-refractivity contribution in [1.82, 2.24) is 5.43 Å². The molecule has 0 atom stereocenters. The lowest BCUT2D eigenvalue weighted by molar-refractivity contribution is -0.120. The molecule has 132 valence electrons. The highest BCUT2D eigenvalue weighted by atomic mass is 16.5. The number of ether oxygens (including phenoxy) is 2. The van der Waals surface area contributed by atoms with Crippen molar-refractivity contribution in [2.24, 2.45) is 5.10 Å². The fourth-order valence-corrected chi connectivity index (χ4v) is 2.22. The smallest absolute Gasteiger partial charge is 0.244 e. The Morgan fingerprint density at radius 2 is 1.92 bits per heavy atom. The minimum absolute atomic E-state index is 0.0657. The van der Waals surface area contributed by atoms with Crippen molar-refractivity contribution in [3.8, 4) is 11.5 Å². The summed E-state index contributed by atoms with van der Waals surface area (Å²) >= 11 is 0. The summed E-state index contributed by atoms with van der Waals surface area (Å²) in [5.41, 5.74) is 4.30. The van der Waals surface area contributed by atoms with E-state index >= 15 is 0 Å². The van der Waals surface area contributed by atoms with Crippen LogP contribution in [0.4, 0.5) is 0 Å². The summed E-state index contributed by atoms with van der Waals surface area (Å²) in [6, 6.07) is 15.1. The Hall–Kier alpha value is -2.82. The van der Waals surface area contributed by atoms with Crippen LogP contribution in [-0.2, 0) is 11.2 Å². The van der Waals surface area contributed by atoms with Gasteiger partial charge < -0.3 is 9.47 Å². The number of carbonyl (C=O) groups is 1. The van der Waals surface area contributed by atoms with Gasteiger partial charge in [-0.1, -0.05) is 30.3 Å². The number of hydrogen-bond donors (Lipinski definition) is 1.